The third-order valence-electron chi connectivity index (χ3n) is 15.2. The van der Waals surface area contributed by atoms with Gasteiger partial charge in [0.1, 0.15) is 17.1 Å². The van der Waals surface area contributed by atoms with Crippen molar-refractivity contribution in [3.8, 4) is 56.0 Å². The van der Waals surface area contributed by atoms with E-state index in [-0.39, 0.29) is 0 Å². The van der Waals surface area contributed by atoms with E-state index in [2.05, 4.69) is 277 Å². The van der Waals surface area contributed by atoms with Crippen molar-refractivity contribution in [1.29, 1.82) is 0 Å². The summed E-state index contributed by atoms with van der Waals surface area (Å²) in [5.74, 6) is 1.64. The van der Waals surface area contributed by atoms with Gasteiger partial charge in [0.25, 0.3) is 0 Å². The average molecular weight is 971 g/mol. The molecule has 0 saturated carbocycles. The van der Waals surface area contributed by atoms with Gasteiger partial charge in [-0.25, -0.2) is 0 Å². The van der Waals surface area contributed by atoms with Gasteiger partial charge in [0.05, 0.1) is 22.7 Å². The maximum Gasteiger partial charge on any atom is 0.159 e. The van der Waals surface area contributed by atoms with Gasteiger partial charge in [-0.3, -0.25) is 0 Å². The molecule has 2 heterocycles. The molecule has 0 radical (unpaired) electrons. The minimum atomic E-state index is 0.799. The van der Waals surface area contributed by atoms with E-state index in [4.69, 9.17) is 9.15 Å². The van der Waals surface area contributed by atoms with Crippen molar-refractivity contribution in [3.63, 3.8) is 0 Å². The van der Waals surface area contributed by atoms with Gasteiger partial charge < -0.3 is 19.0 Å². The minimum Gasteiger partial charge on any atom is -0.456 e. The summed E-state index contributed by atoms with van der Waals surface area (Å²) in [7, 11) is 0. The molecule has 356 valence electrons. The summed E-state index contributed by atoms with van der Waals surface area (Å²) < 4.78 is 13.9. The highest BCUT2D eigenvalue weighted by molar-refractivity contribution is 6.25. The van der Waals surface area contributed by atoms with Gasteiger partial charge in [-0.1, -0.05) is 194 Å². The standard InChI is InChI=1S/C72H46N2O2/c1-4-20-47(21-5-1)53-26-12-15-33-65(53)73(50-24-8-3-9-25-50)51-40-38-49(39-41-51)61-45-63-59-31-19-37-69-71(59)64(46-62(63)56-29-11-10-28-55(56)61)58-43-42-52(44-70(58)75-69)74(66-34-16-13-27-54(66)48-22-6-2-7-23-48)67-35-18-32-60-57-30-14-17-36-68(57)76-72(60)67/h1-46H. The number of rotatable bonds is 9. The zero-order valence-corrected chi connectivity index (χ0v) is 41.3. The lowest BCUT2D eigenvalue weighted by Gasteiger charge is -2.30. The van der Waals surface area contributed by atoms with Crippen LogP contribution in [0.4, 0.5) is 34.1 Å². The topological polar surface area (TPSA) is 28.9 Å². The highest BCUT2D eigenvalue weighted by Crippen LogP contribution is 2.53. The van der Waals surface area contributed by atoms with Crippen LogP contribution in [-0.2, 0) is 0 Å². The Balaban J connectivity index is 0.872. The first kappa shape index (κ1) is 43.4. The predicted octanol–water partition coefficient (Wildman–Crippen LogP) is 20.8. The van der Waals surface area contributed by atoms with E-state index < -0.39 is 0 Å². The molecule has 0 N–H and O–H groups in total. The van der Waals surface area contributed by atoms with Gasteiger partial charge in [0.15, 0.2) is 5.58 Å². The average Bonchev–Trinajstić information content (AvgIpc) is 3.97. The van der Waals surface area contributed by atoms with Crippen molar-refractivity contribution in [2.75, 3.05) is 9.80 Å². The molecule has 76 heavy (non-hydrogen) atoms. The summed E-state index contributed by atoms with van der Waals surface area (Å²) in [6.45, 7) is 0. The molecule has 4 nitrogen and oxygen atoms in total. The number of hydrogen-bond acceptors (Lipinski definition) is 4. The Morgan fingerprint density at radius 2 is 0.763 bits per heavy atom. The molecule has 13 aromatic carbocycles. The third kappa shape index (κ3) is 7.07. The van der Waals surface area contributed by atoms with Crippen LogP contribution in [0.25, 0.3) is 98.8 Å². The molecule has 0 aliphatic carbocycles. The SMILES string of the molecule is c1ccc(-c2ccccc2N(c2ccccc2)c2ccc(-c3cc4c5cccc6c5c(cc4c4ccccc34)-c3ccc(N(c4ccccc4-c4ccccc4)c4cccc5c4oc4ccccc45)cc3O6)cc2)cc1. The molecule has 0 bridgehead atoms. The number of para-hydroxylation sites is 5. The van der Waals surface area contributed by atoms with Crippen molar-refractivity contribution in [1.82, 2.24) is 0 Å². The summed E-state index contributed by atoms with van der Waals surface area (Å²) >= 11 is 0. The van der Waals surface area contributed by atoms with Crippen LogP contribution >= 0.6 is 0 Å². The number of nitrogens with zero attached hydrogens (tertiary/aromatic N) is 2. The number of fused-ring (bicyclic) bond motifs is 9. The molecule has 15 rings (SSSR count). The van der Waals surface area contributed by atoms with E-state index >= 15 is 0 Å². The molecular formula is C72H46N2O2. The molecule has 0 unspecified atom stereocenters. The van der Waals surface area contributed by atoms with Crippen LogP contribution in [0.2, 0.25) is 0 Å². The Morgan fingerprint density at radius 1 is 0.250 bits per heavy atom. The molecule has 1 aromatic heterocycles. The first-order chi connectivity index (χ1) is 37.7. The van der Waals surface area contributed by atoms with Crippen LogP contribution in [0.5, 0.6) is 11.5 Å². The minimum absolute atomic E-state index is 0.799. The highest BCUT2D eigenvalue weighted by Gasteiger charge is 2.27. The van der Waals surface area contributed by atoms with Crippen molar-refractivity contribution < 1.29 is 9.15 Å². The van der Waals surface area contributed by atoms with Crippen molar-refractivity contribution in [3.05, 3.63) is 279 Å². The van der Waals surface area contributed by atoms with Crippen LogP contribution in [0.3, 0.4) is 0 Å². The number of anilines is 6. The second-order valence-electron chi connectivity index (χ2n) is 19.5. The summed E-state index contributed by atoms with van der Waals surface area (Å²) in [5, 5.41) is 9.23. The summed E-state index contributed by atoms with van der Waals surface area (Å²) in [6.07, 6.45) is 0. The van der Waals surface area contributed by atoms with E-state index in [1.54, 1.807) is 0 Å². The molecular weight excluding hydrogens is 925 g/mol. The van der Waals surface area contributed by atoms with Gasteiger partial charge in [-0.2, -0.15) is 0 Å². The Labute approximate surface area is 440 Å². The van der Waals surface area contributed by atoms with Crippen LogP contribution in [0.1, 0.15) is 0 Å². The lowest BCUT2D eigenvalue weighted by atomic mass is 9.86. The van der Waals surface area contributed by atoms with E-state index in [0.717, 1.165) is 106 Å². The molecule has 0 saturated heterocycles. The number of furan rings is 1. The fourth-order valence-corrected chi connectivity index (χ4v) is 11.8. The molecule has 0 amide bonds. The highest BCUT2D eigenvalue weighted by atomic mass is 16.5. The zero-order valence-electron chi connectivity index (χ0n) is 41.3. The molecule has 1 aliphatic heterocycles. The number of hydrogen-bond donors (Lipinski definition) is 0. The third-order valence-corrected chi connectivity index (χ3v) is 15.2. The number of benzene rings is 13. The Hall–Kier alpha value is -10.2. The molecule has 1 aliphatic rings. The number of ether oxygens (including phenoxy) is 1. The van der Waals surface area contributed by atoms with Crippen molar-refractivity contribution in [2.45, 2.75) is 0 Å². The zero-order chi connectivity index (χ0) is 50.1. The largest absolute Gasteiger partial charge is 0.456 e. The Bertz CT molecular complexity index is 4550. The maximum absolute atomic E-state index is 7.10. The first-order valence-electron chi connectivity index (χ1n) is 25.9. The molecule has 14 aromatic rings. The maximum atomic E-state index is 7.10. The second kappa shape index (κ2) is 17.8. The lowest BCUT2D eigenvalue weighted by molar-refractivity contribution is 0.487. The van der Waals surface area contributed by atoms with Gasteiger partial charge in [0, 0.05) is 50.3 Å². The smallest absolute Gasteiger partial charge is 0.159 e. The normalized spacial score (nSPS) is 11.8. The molecule has 0 atom stereocenters. The lowest BCUT2D eigenvalue weighted by Crippen LogP contribution is -2.12. The van der Waals surface area contributed by atoms with E-state index in [1.165, 1.54) is 38.2 Å². The van der Waals surface area contributed by atoms with Crippen molar-refractivity contribution in [2.24, 2.45) is 0 Å². The quantitative estimate of drug-likeness (QED) is 0.135. The van der Waals surface area contributed by atoms with Crippen LogP contribution in [0, 0.1) is 0 Å². The summed E-state index contributed by atoms with van der Waals surface area (Å²) in [4.78, 5) is 4.69. The summed E-state index contributed by atoms with van der Waals surface area (Å²) in [6, 6.07) is 99.9. The summed E-state index contributed by atoms with van der Waals surface area (Å²) in [5.41, 5.74) is 17.0. The monoisotopic (exact) mass is 970 g/mol. The molecule has 4 heteroatoms. The second-order valence-corrected chi connectivity index (χ2v) is 19.5. The van der Waals surface area contributed by atoms with Crippen LogP contribution in [0.15, 0.2) is 283 Å². The van der Waals surface area contributed by atoms with Gasteiger partial charge in [-0.05, 0) is 134 Å². The predicted molar refractivity (Wildman–Crippen MR) is 317 cm³/mol. The first-order valence-corrected chi connectivity index (χ1v) is 25.9. The molecule has 0 fully saturated rings. The van der Waals surface area contributed by atoms with E-state index in [9.17, 15) is 0 Å². The Kier molecular flexibility index (Phi) is 10.2. The fraction of sp³-hybridized carbons (Fsp3) is 0. The van der Waals surface area contributed by atoms with E-state index in [0.29, 0.717) is 0 Å². The van der Waals surface area contributed by atoms with E-state index in [1.807, 2.05) is 12.1 Å². The Morgan fingerprint density at radius 3 is 1.50 bits per heavy atom. The fourth-order valence-electron chi connectivity index (χ4n) is 11.8. The van der Waals surface area contributed by atoms with Crippen LogP contribution in [-0.4, -0.2) is 0 Å². The van der Waals surface area contributed by atoms with Gasteiger partial charge in [-0.15, -0.1) is 0 Å². The van der Waals surface area contributed by atoms with Gasteiger partial charge in [0.2, 0.25) is 0 Å². The van der Waals surface area contributed by atoms with Crippen LogP contribution < -0.4 is 14.5 Å². The van der Waals surface area contributed by atoms with Crippen molar-refractivity contribution >= 4 is 88.4 Å². The molecule has 0 spiro atoms. The van der Waals surface area contributed by atoms with Gasteiger partial charge >= 0.3 is 0 Å².